The predicted octanol–water partition coefficient (Wildman–Crippen LogP) is 5.29. The van der Waals surface area contributed by atoms with Crippen LogP contribution in [0.25, 0.3) is 16.6 Å². The van der Waals surface area contributed by atoms with Gasteiger partial charge >= 0.3 is 0 Å². The van der Waals surface area contributed by atoms with Gasteiger partial charge in [-0.2, -0.15) is 10.1 Å². The largest absolute Gasteiger partial charge is 0.349 e. The molecule has 2 aliphatic heterocycles. The molecule has 0 N–H and O–H groups in total. The minimum atomic E-state index is -2.64. The van der Waals surface area contributed by atoms with Gasteiger partial charge in [0.1, 0.15) is 17.8 Å². The van der Waals surface area contributed by atoms with Gasteiger partial charge in [0.2, 0.25) is 0 Å². The van der Waals surface area contributed by atoms with E-state index in [1.54, 1.807) is 4.52 Å². The number of halogens is 3. The Morgan fingerprint density at radius 3 is 2.77 bits per heavy atom. The Bertz CT molecular complexity index is 1290. The highest BCUT2D eigenvalue weighted by molar-refractivity contribution is 9.10. The highest BCUT2D eigenvalue weighted by Crippen LogP contribution is 2.47. The van der Waals surface area contributed by atoms with E-state index in [1.807, 2.05) is 18.3 Å². The monoisotopic (exact) mass is 484 g/mol. The van der Waals surface area contributed by atoms with Crippen molar-refractivity contribution in [1.82, 2.24) is 24.6 Å². The van der Waals surface area contributed by atoms with Crippen LogP contribution >= 0.6 is 15.9 Å². The fraction of sp³-hybridized carbons (Fsp3) is 0.364. The van der Waals surface area contributed by atoms with Gasteiger partial charge < -0.3 is 4.90 Å². The van der Waals surface area contributed by atoms with Gasteiger partial charge in [-0.1, -0.05) is 22.0 Å². The Hall–Kier alpha value is -2.68. The Labute approximate surface area is 185 Å². The zero-order valence-electron chi connectivity index (χ0n) is 16.5. The number of pyridine rings is 1. The van der Waals surface area contributed by atoms with Crippen LogP contribution < -0.4 is 4.90 Å². The number of piperidine rings is 1. The van der Waals surface area contributed by atoms with E-state index in [9.17, 15) is 8.78 Å². The minimum Gasteiger partial charge on any atom is -0.349 e. The van der Waals surface area contributed by atoms with Crippen LogP contribution in [0.3, 0.4) is 0 Å². The second kappa shape index (κ2) is 7.19. The normalized spacial score (nSPS) is 23.4. The molecule has 1 unspecified atom stereocenters. The van der Waals surface area contributed by atoms with Gasteiger partial charge in [-0.3, -0.25) is 0 Å². The molecule has 3 atom stereocenters. The number of hydrogen-bond donors (Lipinski definition) is 0. The molecule has 9 heteroatoms. The summed E-state index contributed by atoms with van der Waals surface area (Å²) in [5.74, 6) is 1.24. The average Bonchev–Trinajstić information content (AvgIpc) is 3.35. The maximum Gasteiger partial charge on any atom is 0.280 e. The lowest BCUT2D eigenvalue weighted by molar-refractivity contribution is 0.146. The van der Waals surface area contributed by atoms with E-state index in [0.29, 0.717) is 6.04 Å². The average molecular weight is 485 g/mol. The first-order valence-electron chi connectivity index (χ1n) is 10.4. The van der Waals surface area contributed by atoms with Crippen LogP contribution in [0.15, 0.2) is 47.3 Å². The summed E-state index contributed by atoms with van der Waals surface area (Å²) < 4.78 is 29.7. The number of anilines is 1. The molecule has 2 fully saturated rings. The summed E-state index contributed by atoms with van der Waals surface area (Å²) >= 11 is 3.59. The van der Waals surface area contributed by atoms with Crippen molar-refractivity contribution in [3.63, 3.8) is 0 Å². The molecule has 0 radical (unpaired) electrons. The summed E-state index contributed by atoms with van der Waals surface area (Å²) in [5, 5.41) is 6.53. The second-order valence-electron chi connectivity index (χ2n) is 8.27. The molecule has 2 saturated heterocycles. The maximum absolute atomic E-state index is 13.5. The van der Waals surface area contributed by atoms with E-state index >= 15 is 0 Å². The van der Waals surface area contributed by atoms with Gasteiger partial charge in [0, 0.05) is 34.1 Å². The van der Waals surface area contributed by atoms with E-state index in [1.165, 1.54) is 12.4 Å². The van der Waals surface area contributed by atoms with E-state index in [2.05, 4.69) is 48.0 Å². The van der Waals surface area contributed by atoms with Crippen LogP contribution in [-0.2, 0) is 0 Å². The van der Waals surface area contributed by atoms with Gasteiger partial charge in [-0.05, 0) is 55.3 Å². The van der Waals surface area contributed by atoms with Crippen LogP contribution in [0.5, 0.6) is 0 Å². The molecule has 4 aromatic rings. The van der Waals surface area contributed by atoms with Gasteiger partial charge in [-0.25, -0.2) is 23.3 Å². The second-order valence-corrected chi connectivity index (χ2v) is 9.18. The molecule has 5 heterocycles. The first-order chi connectivity index (χ1) is 15.1. The Kier molecular flexibility index (Phi) is 4.41. The van der Waals surface area contributed by atoms with Crippen molar-refractivity contribution < 1.29 is 8.78 Å². The fourth-order valence-electron chi connectivity index (χ4n) is 5.39. The summed E-state index contributed by atoms with van der Waals surface area (Å²) in [7, 11) is 0. The molecule has 3 aromatic heterocycles. The van der Waals surface area contributed by atoms with Crippen molar-refractivity contribution in [1.29, 1.82) is 0 Å². The van der Waals surface area contributed by atoms with Crippen LogP contribution in [0.4, 0.5) is 14.6 Å². The van der Waals surface area contributed by atoms with Crippen LogP contribution in [0, 0.1) is 0 Å². The molecule has 6 rings (SSSR count). The summed E-state index contributed by atoms with van der Waals surface area (Å²) in [4.78, 5) is 15.3. The zero-order chi connectivity index (χ0) is 21.1. The first kappa shape index (κ1) is 19.0. The standard InChI is InChI=1S/C22H19BrF2N6/c23-13-2-1-12-7-8-26-21(16(12)9-13)30-14-3-5-15(18(30)6-4-14)19-10-17(20(24)25)29-22-27-11-28-31(19)22/h1-2,7-11,14-15,18,20H,3-6H2/t14-,15?,18-/m0/s1. The number of benzene rings is 1. The first-order valence-corrected chi connectivity index (χ1v) is 11.2. The van der Waals surface area contributed by atoms with Crippen LogP contribution in [-0.4, -0.2) is 36.6 Å². The van der Waals surface area contributed by atoms with Gasteiger partial charge in [0.15, 0.2) is 0 Å². The maximum atomic E-state index is 13.5. The molecule has 2 aliphatic rings. The number of hydrogen-bond acceptors (Lipinski definition) is 5. The molecule has 158 valence electrons. The number of aromatic nitrogens is 5. The van der Waals surface area contributed by atoms with Crippen molar-refractivity contribution in [2.45, 2.75) is 50.1 Å². The quantitative estimate of drug-likeness (QED) is 0.395. The van der Waals surface area contributed by atoms with Crippen LogP contribution in [0.1, 0.15) is 49.4 Å². The fourth-order valence-corrected chi connectivity index (χ4v) is 5.75. The molecular formula is C22H19BrF2N6. The molecule has 0 aliphatic carbocycles. The number of nitrogens with zero attached hydrogens (tertiary/aromatic N) is 6. The number of fused-ring (bicyclic) bond motifs is 4. The highest BCUT2D eigenvalue weighted by Gasteiger charge is 2.45. The highest BCUT2D eigenvalue weighted by atomic mass is 79.9. The van der Waals surface area contributed by atoms with Gasteiger partial charge in [-0.15, -0.1) is 0 Å². The smallest absolute Gasteiger partial charge is 0.280 e. The minimum absolute atomic E-state index is 0.0488. The molecule has 0 saturated carbocycles. The topological polar surface area (TPSA) is 59.2 Å². The summed E-state index contributed by atoms with van der Waals surface area (Å²) in [5.41, 5.74) is 0.518. The molecule has 31 heavy (non-hydrogen) atoms. The lowest BCUT2D eigenvalue weighted by atomic mass is 9.86. The summed E-state index contributed by atoms with van der Waals surface area (Å²) in [6, 6.07) is 10.3. The number of alkyl halides is 2. The molecule has 6 nitrogen and oxygen atoms in total. The lowest BCUT2D eigenvalue weighted by Gasteiger charge is -2.41. The molecule has 2 bridgehead atoms. The van der Waals surface area contributed by atoms with E-state index in [0.717, 1.165) is 52.4 Å². The van der Waals surface area contributed by atoms with E-state index in [-0.39, 0.29) is 23.4 Å². The molecular weight excluding hydrogens is 466 g/mol. The SMILES string of the molecule is FC(F)c1cc(C2CC[C@H]3CC[C@@H]2N3c2nccc3ccc(Br)cc23)n2ncnc2n1. The van der Waals surface area contributed by atoms with Gasteiger partial charge in [0.25, 0.3) is 12.2 Å². The van der Waals surface area contributed by atoms with Gasteiger partial charge in [0.05, 0.1) is 5.69 Å². The van der Waals surface area contributed by atoms with Crippen molar-refractivity contribution >= 4 is 38.3 Å². The Balaban J connectivity index is 1.49. The Morgan fingerprint density at radius 1 is 1.03 bits per heavy atom. The lowest BCUT2D eigenvalue weighted by Crippen LogP contribution is -2.45. The molecule has 1 aromatic carbocycles. The van der Waals surface area contributed by atoms with Crippen molar-refractivity contribution in [2.24, 2.45) is 0 Å². The predicted molar refractivity (Wildman–Crippen MR) is 116 cm³/mol. The van der Waals surface area contributed by atoms with E-state index in [4.69, 9.17) is 4.98 Å². The van der Waals surface area contributed by atoms with Crippen molar-refractivity contribution in [3.05, 3.63) is 58.7 Å². The summed E-state index contributed by atoms with van der Waals surface area (Å²) in [6.07, 6.45) is 4.55. The van der Waals surface area contributed by atoms with Crippen LogP contribution in [0.2, 0.25) is 0 Å². The summed E-state index contributed by atoms with van der Waals surface area (Å²) in [6.45, 7) is 0. The molecule has 0 spiro atoms. The number of rotatable bonds is 3. The van der Waals surface area contributed by atoms with Crippen molar-refractivity contribution in [2.75, 3.05) is 4.90 Å². The zero-order valence-corrected chi connectivity index (χ0v) is 18.1. The van der Waals surface area contributed by atoms with Crippen molar-refractivity contribution in [3.8, 4) is 0 Å². The molecule has 0 amide bonds. The third kappa shape index (κ3) is 3.01. The third-order valence-electron chi connectivity index (χ3n) is 6.68. The third-order valence-corrected chi connectivity index (χ3v) is 7.17. The Morgan fingerprint density at radius 2 is 1.90 bits per heavy atom. The van der Waals surface area contributed by atoms with E-state index < -0.39 is 6.43 Å².